The summed E-state index contributed by atoms with van der Waals surface area (Å²) in [5.74, 6) is -1.40. The van der Waals surface area contributed by atoms with E-state index in [0.29, 0.717) is 11.6 Å². The van der Waals surface area contributed by atoms with E-state index in [4.69, 9.17) is 5.11 Å². The average Bonchev–Trinajstić information content (AvgIpc) is 2.38. The van der Waals surface area contributed by atoms with Crippen LogP contribution in [0.25, 0.3) is 0 Å². The number of carboxylic acid groups (broad SMARTS) is 1. The van der Waals surface area contributed by atoms with Crippen molar-refractivity contribution in [2.24, 2.45) is 5.92 Å². The molecule has 0 spiro atoms. The minimum absolute atomic E-state index is 0.290. The van der Waals surface area contributed by atoms with E-state index in [1.54, 1.807) is 6.07 Å². The Morgan fingerprint density at radius 2 is 2.39 bits per heavy atom. The Kier molecular flexibility index (Phi) is 4.15. The molecule has 1 unspecified atom stereocenters. The summed E-state index contributed by atoms with van der Waals surface area (Å²) in [4.78, 5) is 10.8. The summed E-state index contributed by atoms with van der Waals surface area (Å²) >= 11 is 0. The summed E-state index contributed by atoms with van der Waals surface area (Å²) < 4.78 is 13.2. The van der Waals surface area contributed by atoms with Crippen LogP contribution in [0.5, 0.6) is 0 Å². The Balaban J connectivity index is 1.96. The van der Waals surface area contributed by atoms with E-state index in [1.165, 1.54) is 12.1 Å². The number of benzene rings is 1. The molecule has 4 nitrogen and oxygen atoms in total. The summed E-state index contributed by atoms with van der Waals surface area (Å²) in [6, 6.07) is 4.09. The Hall–Kier alpha value is -1.62. The molecule has 1 heterocycles. The van der Waals surface area contributed by atoms with Gasteiger partial charge in [-0.15, -0.1) is 0 Å². The summed E-state index contributed by atoms with van der Waals surface area (Å²) in [5.41, 5.74) is 0.362. The SMILES string of the molecule is O=C(O)c1cc(NCC2CCCNC2)ccc1F. The van der Waals surface area contributed by atoms with Crippen LogP contribution < -0.4 is 10.6 Å². The summed E-state index contributed by atoms with van der Waals surface area (Å²) in [6.07, 6.45) is 2.32. The summed E-state index contributed by atoms with van der Waals surface area (Å²) in [6.45, 7) is 2.81. The van der Waals surface area contributed by atoms with Gasteiger partial charge in [0.15, 0.2) is 0 Å². The number of anilines is 1. The van der Waals surface area contributed by atoms with Crippen LogP contribution >= 0.6 is 0 Å². The number of halogens is 1. The zero-order valence-electron chi connectivity index (χ0n) is 10.1. The van der Waals surface area contributed by atoms with E-state index in [9.17, 15) is 9.18 Å². The molecule has 98 valence electrons. The lowest BCUT2D eigenvalue weighted by Crippen LogP contribution is -2.33. The van der Waals surface area contributed by atoms with Gasteiger partial charge < -0.3 is 15.7 Å². The highest BCUT2D eigenvalue weighted by Gasteiger charge is 2.14. The van der Waals surface area contributed by atoms with Crippen molar-refractivity contribution in [2.75, 3.05) is 25.0 Å². The molecule has 1 aliphatic heterocycles. The van der Waals surface area contributed by atoms with Gasteiger partial charge in [-0.2, -0.15) is 0 Å². The van der Waals surface area contributed by atoms with E-state index in [-0.39, 0.29) is 5.56 Å². The molecule has 0 radical (unpaired) electrons. The molecule has 0 aromatic heterocycles. The van der Waals surface area contributed by atoms with Crippen molar-refractivity contribution >= 4 is 11.7 Å². The second-order valence-electron chi connectivity index (χ2n) is 4.59. The molecular weight excluding hydrogens is 235 g/mol. The van der Waals surface area contributed by atoms with Crippen LogP contribution in [0.15, 0.2) is 18.2 Å². The Morgan fingerprint density at radius 3 is 3.06 bits per heavy atom. The van der Waals surface area contributed by atoms with E-state index in [1.807, 2.05) is 0 Å². The van der Waals surface area contributed by atoms with Crippen molar-refractivity contribution in [1.29, 1.82) is 0 Å². The molecule has 1 atom stereocenters. The average molecular weight is 252 g/mol. The van der Waals surface area contributed by atoms with Crippen LogP contribution in [0.4, 0.5) is 10.1 Å². The number of piperidine rings is 1. The van der Waals surface area contributed by atoms with Crippen LogP contribution in [-0.2, 0) is 0 Å². The number of hydrogen-bond acceptors (Lipinski definition) is 3. The zero-order valence-corrected chi connectivity index (χ0v) is 10.1. The van der Waals surface area contributed by atoms with Crippen molar-refractivity contribution in [1.82, 2.24) is 5.32 Å². The summed E-state index contributed by atoms with van der Waals surface area (Å²) in [5, 5.41) is 15.3. The zero-order chi connectivity index (χ0) is 13.0. The van der Waals surface area contributed by atoms with Gasteiger partial charge in [0.1, 0.15) is 5.82 Å². The first-order chi connectivity index (χ1) is 8.66. The van der Waals surface area contributed by atoms with Gasteiger partial charge in [0, 0.05) is 12.2 Å². The molecule has 1 fully saturated rings. The number of aromatic carboxylic acids is 1. The third kappa shape index (κ3) is 3.20. The highest BCUT2D eigenvalue weighted by atomic mass is 19.1. The van der Waals surface area contributed by atoms with Crippen LogP contribution in [-0.4, -0.2) is 30.7 Å². The highest BCUT2D eigenvalue weighted by Crippen LogP contribution is 2.16. The second kappa shape index (κ2) is 5.82. The van der Waals surface area contributed by atoms with Crippen molar-refractivity contribution < 1.29 is 14.3 Å². The van der Waals surface area contributed by atoms with Crippen molar-refractivity contribution in [3.05, 3.63) is 29.6 Å². The molecule has 3 N–H and O–H groups in total. The second-order valence-corrected chi connectivity index (χ2v) is 4.59. The maximum Gasteiger partial charge on any atom is 0.338 e. The molecule has 18 heavy (non-hydrogen) atoms. The molecular formula is C13H17FN2O2. The quantitative estimate of drug-likeness (QED) is 0.766. The van der Waals surface area contributed by atoms with Crippen molar-refractivity contribution in [3.63, 3.8) is 0 Å². The first-order valence-corrected chi connectivity index (χ1v) is 6.14. The van der Waals surface area contributed by atoms with E-state index in [0.717, 1.165) is 32.5 Å². The maximum atomic E-state index is 13.2. The lowest BCUT2D eigenvalue weighted by Gasteiger charge is -2.23. The van der Waals surface area contributed by atoms with Gasteiger partial charge in [-0.1, -0.05) is 0 Å². The standard InChI is InChI=1S/C13H17FN2O2/c14-12-4-3-10(6-11(12)13(17)18)16-8-9-2-1-5-15-7-9/h3-4,6,9,15-16H,1-2,5,7-8H2,(H,17,18). The van der Waals surface area contributed by atoms with Crippen LogP contribution in [0, 0.1) is 11.7 Å². The van der Waals surface area contributed by atoms with Crippen molar-refractivity contribution in [3.8, 4) is 0 Å². The molecule has 1 aromatic rings. The third-order valence-corrected chi connectivity index (χ3v) is 3.19. The normalized spacial score (nSPS) is 19.5. The summed E-state index contributed by atoms with van der Waals surface area (Å²) in [7, 11) is 0. The number of carbonyl (C=O) groups is 1. The molecule has 0 bridgehead atoms. The smallest absolute Gasteiger partial charge is 0.338 e. The molecule has 1 aromatic carbocycles. The Morgan fingerprint density at radius 1 is 1.56 bits per heavy atom. The van der Waals surface area contributed by atoms with Gasteiger partial charge >= 0.3 is 5.97 Å². The predicted octanol–water partition coefficient (Wildman–Crippen LogP) is 1.94. The molecule has 0 aliphatic carbocycles. The highest BCUT2D eigenvalue weighted by molar-refractivity contribution is 5.89. The number of carboxylic acids is 1. The Labute approximate surface area is 105 Å². The minimum Gasteiger partial charge on any atom is -0.478 e. The minimum atomic E-state index is -1.24. The van der Waals surface area contributed by atoms with Crippen LogP contribution in [0.1, 0.15) is 23.2 Å². The lowest BCUT2D eigenvalue weighted by molar-refractivity contribution is 0.0692. The molecule has 2 rings (SSSR count). The lowest BCUT2D eigenvalue weighted by atomic mass is 9.99. The molecule has 5 heteroatoms. The largest absolute Gasteiger partial charge is 0.478 e. The number of hydrogen-bond donors (Lipinski definition) is 3. The Bertz CT molecular complexity index is 431. The van der Waals surface area contributed by atoms with Crippen molar-refractivity contribution in [2.45, 2.75) is 12.8 Å². The molecule has 0 amide bonds. The fourth-order valence-electron chi connectivity index (χ4n) is 2.16. The van der Waals surface area contributed by atoms with Gasteiger partial charge in [0.25, 0.3) is 0 Å². The fourth-order valence-corrected chi connectivity index (χ4v) is 2.16. The first-order valence-electron chi connectivity index (χ1n) is 6.14. The molecule has 1 aliphatic rings. The topological polar surface area (TPSA) is 61.4 Å². The van der Waals surface area contributed by atoms with Gasteiger partial charge in [-0.05, 0) is 50.0 Å². The number of rotatable bonds is 4. The maximum absolute atomic E-state index is 13.2. The van der Waals surface area contributed by atoms with E-state index in [2.05, 4.69) is 10.6 Å². The predicted molar refractivity (Wildman–Crippen MR) is 67.4 cm³/mol. The van der Waals surface area contributed by atoms with Gasteiger partial charge in [-0.3, -0.25) is 0 Å². The van der Waals surface area contributed by atoms with Crippen LogP contribution in [0.2, 0.25) is 0 Å². The van der Waals surface area contributed by atoms with Gasteiger partial charge in [0.05, 0.1) is 5.56 Å². The van der Waals surface area contributed by atoms with E-state index < -0.39 is 11.8 Å². The number of nitrogens with one attached hydrogen (secondary N) is 2. The monoisotopic (exact) mass is 252 g/mol. The molecule has 1 saturated heterocycles. The van der Waals surface area contributed by atoms with Gasteiger partial charge in [-0.25, -0.2) is 9.18 Å². The molecule has 0 saturated carbocycles. The van der Waals surface area contributed by atoms with E-state index >= 15 is 0 Å². The third-order valence-electron chi connectivity index (χ3n) is 3.19. The first kappa shape index (κ1) is 12.8. The fraction of sp³-hybridized carbons (Fsp3) is 0.462. The van der Waals surface area contributed by atoms with Gasteiger partial charge in [0.2, 0.25) is 0 Å². The van der Waals surface area contributed by atoms with Crippen LogP contribution in [0.3, 0.4) is 0 Å².